The van der Waals surface area contributed by atoms with E-state index in [2.05, 4.69) is 27.2 Å². The summed E-state index contributed by atoms with van der Waals surface area (Å²) in [4.78, 5) is 14.0. The molecule has 2 heterocycles. The van der Waals surface area contributed by atoms with Crippen LogP contribution < -0.4 is 0 Å². The largest absolute Gasteiger partial charge is 0.464 e. The van der Waals surface area contributed by atoms with Crippen LogP contribution in [0.1, 0.15) is 28.0 Å². The number of benzene rings is 1. The average molecular weight is 334 g/mol. The first-order valence-electron chi connectivity index (χ1n) is 7.73. The molecule has 0 radical (unpaired) electrons. The van der Waals surface area contributed by atoms with Crippen molar-refractivity contribution in [3.05, 3.63) is 52.3 Å². The minimum atomic E-state index is -0.366. The van der Waals surface area contributed by atoms with Crippen molar-refractivity contribution in [3.63, 3.8) is 0 Å². The number of hydrogen-bond acceptors (Lipinski definition) is 4. The summed E-state index contributed by atoms with van der Waals surface area (Å²) in [5.41, 5.74) is 2.66. The van der Waals surface area contributed by atoms with Gasteiger partial charge in [0, 0.05) is 23.7 Å². The lowest BCUT2D eigenvalue weighted by Gasteiger charge is -2.15. The Hall–Kier alpha value is -1.85. The summed E-state index contributed by atoms with van der Waals surface area (Å²) in [7, 11) is 1.38. The number of aromatic nitrogens is 2. The Morgan fingerprint density at radius 3 is 2.96 bits per heavy atom. The van der Waals surface area contributed by atoms with Crippen molar-refractivity contribution in [1.29, 1.82) is 0 Å². The second-order valence-electron chi connectivity index (χ2n) is 5.98. The van der Waals surface area contributed by atoms with Gasteiger partial charge in [-0.3, -0.25) is 10.00 Å². The summed E-state index contributed by atoms with van der Waals surface area (Å²) in [5.74, 6) is 0.263. The highest BCUT2D eigenvalue weighted by Crippen LogP contribution is 2.23. The molecule has 3 rings (SSSR count). The fourth-order valence-corrected chi connectivity index (χ4v) is 3.25. The Bertz CT molecular complexity index is 669. The van der Waals surface area contributed by atoms with E-state index in [4.69, 9.17) is 16.3 Å². The van der Waals surface area contributed by atoms with Gasteiger partial charge in [-0.05, 0) is 43.0 Å². The molecule has 122 valence electrons. The third-order valence-corrected chi connectivity index (χ3v) is 4.56. The van der Waals surface area contributed by atoms with Crippen LogP contribution in [-0.4, -0.2) is 41.3 Å². The van der Waals surface area contributed by atoms with Crippen LogP contribution in [0, 0.1) is 5.92 Å². The fraction of sp³-hybridized carbons (Fsp3) is 0.412. The van der Waals surface area contributed by atoms with Crippen LogP contribution in [0.3, 0.4) is 0 Å². The summed E-state index contributed by atoms with van der Waals surface area (Å²) in [6, 6.07) is 8.07. The number of carbonyl (C=O) groups is 1. The smallest absolute Gasteiger partial charge is 0.356 e. The topological polar surface area (TPSA) is 58.2 Å². The molecular weight excluding hydrogens is 314 g/mol. The van der Waals surface area contributed by atoms with E-state index >= 15 is 0 Å². The SMILES string of the molecule is COC(=O)c1[nH]ncc1CN1CCC(Cc2ccc(Cl)cc2)C1. The van der Waals surface area contributed by atoms with Gasteiger partial charge >= 0.3 is 5.97 Å². The summed E-state index contributed by atoms with van der Waals surface area (Å²) >= 11 is 5.93. The number of nitrogens with zero attached hydrogens (tertiary/aromatic N) is 2. The van der Waals surface area contributed by atoms with E-state index in [1.807, 2.05) is 12.1 Å². The first kappa shape index (κ1) is 16.0. The first-order valence-corrected chi connectivity index (χ1v) is 8.11. The molecule has 1 saturated heterocycles. The lowest BCUT2D eigenvalue weighted by atomic mass is 9.99. The Morgan fingerprint density at radius 1 is 1.43 bits per heavy atom. The van der Waals surface area contributed by atoms with Gasteiger partial charge in [-0.25, -0.2) is 4.79 Å². The van der Waals surface area contributed by atoms with Crippen molar-refractivity contribution >= 4 is 17.6 Å². The lowest BCUT2D eigenvalue weighted by Crippen LogP contribution is -2.22. The highest BCUT2D eigenvalue weighted by molar-refractivity contribution is 6.30. The summed E-state index contributed by atoms with van der Waals surface area (Å²) in [6.45, 7) is 2.77. The maximum absolute atomic E-state index is 11.7. The van der Waals surface area contributed by atoms with E-state index in [0.29, 0.717) is 11.6 Å². The molecule has 1 aromatic carbocycles. The number of methoxy groups -OCH3 is 1. The number of nitrogens with one attached hydrogen (secondary N) is 1. The number of ether oxygens (including phenoxy) is 1. The van der Waals surface area contributed by atoms with Crippen LogP contribution >= 0.6 is 11.6 Å². The minimum Gasteiger partial charge on any atom is -0.464 e. The molecule has 1 fully saturated rings. The van der Waals surface area contributed by atoms with E-state index in [1.165, 1.54) is 12.7 Å². The molecule has 6 heteroatoms. The standard InChI is InChI=1S/C17H20ClN3O2/c1-23-17(22)16-14(9-19-20-16)11-21-7-6-13(10-21)8-12-2-4-15(18)5-3-12/h2-5,9,13H,6-8,10-11H2,1H3,(H,19,20). The van der Waals surface area contributed by atoms with Crippen molar-refractivity contribution in [2.45, 2.75) is 19.4 Å². The maximum atomic E-state index is 11.7. The number of carbonyl (C=O) groups excluding carboxylic acids is 1. The molecule has 1 aromatic heterocycles. The molecule has 0 aliphatic carbocycles. The monoisotopic (exact) mass is 333 g/mol. The third kappa shape index (κ3) is 3.92. The summed E-state index contributed by atoms with van der Waals surface area (Å²) < 4.78 is 4.77. The second-order valence-corrected chi connectivity index (χ2v) is 6.42. The van der Waals surface area contributed by atoms with E-state index in [-0.39, 0.29) is 5.97 Å². The Morgan fingerprint density at radius 2 is 2.22 bits per heavy atom. The highest BCUT2D eigenvalue weighted by Gasteiger charge is 2.25. The van der Waals surface area contributed by atoms with Crippen LogP contribution in [0.15, 0.2) is 30.5 Å². The molecule has 1 aliphatic rings. The average Bonchev–Trinajstić information content (AvgIpc) is 3.19. The van der Waals surface area contributed by atoms with Gasteiger partial charge in [-0.2, -0.15) is 5.10 Å². The Labute approximate surface area is 140 Å². The predicted octanol–water partition coefficient (Wildman–Crippen LogP) is 2.91. The van der Waals surface area contributed by atoms with Gasteiger partial charge in [0.15, 0.2) is 0 Å². The van der Waals surface area contributed by atoms with Crippen LogP contribution in [0.2, 0.25) is 5.02 Å². The molecule has 0 bridgehead atoms. The normalized spacial score (nSPS) is 18.3. The lowest BCUT2D eigenvalue weighted by molar-refractivity contribution is 0.0591. The van der Waals surface area contributed by atoms with Crippen LogP contribution in [0.25, 0.3) is 0 Å². The van der Waals surface area contributed by atoms with Gasteiger partial charge in [0.25, 0.3) is 0 Å². The van der Waals surface area contributed by atoms with Crippen molar-refractivity contribution in [1.82, 2.24) is 15.1 Å². The Balaban J connectivity index is 1.57. The van der Waals surface area contributed by atoms with Gasteiger partial charge in [0.1, 0.15) is 5.69 Å². The predicted molar refractivity (Wildman–Crippen MR) is 88.5 cm³/mol. The molecule has 1 unspecified atom stereocenters. The number of halogens is 1. The second kappa shape index (κ2) is 7.15. The molecule has 1 aliphatic heterocycles. The van der Waals surface area contributed by atoms with E-state index < -0.39 is 0 Å². The quantitative estimate of drug-likeness (QED) is 0.855. The Kier molecular flexibility index (Phi) is 4.98. The molecule has 0 amide bonds. The number of aromatic amines is 1. The van der Waals surface area contributed by atoms with Gasteiger partial charge in [-0.1, -0.05) is 23.7 Å². The number of hydrogen-bond donors (Lipinski definition) is 1. The van der Waals surface area contributed by atoms with Crippen LogP contribution in [-0.2, 0) is 17.7 Å². The molecule has 1 atom stereocenters. The zero-order valence-corrected chi connectivity index (χ0v) is 13.8. The van der Waals surface area contributed by atoms with Gasteiger partial charge in [0.05, 0.1) is 13.3 Å². The third-order valence-electron chi connectivity index (χ3n) is 4.31. The maximum Gasteiger partial charge on any atom is 0.356 e. The molecule has 1 N–H and O–H groups in total. The molecule has 23 heavy (non-hydrogen) atoms. The summed E-state index contributed by atoms with van der Waals surface area (Å²) in [5, 5.41) is 7.46. The zero-order valence-electron chi connectivity index (χ0n) is 13.1. The van der Waals surface area contributed by atoms with Gasteiger partial charge in [-0.15, -0.1) is 0 Å². The van der Waals surface area contributed by atoms with E-state index in [9.17, 15) is 4.79 Å². The molecular formula is C17H20ClN3O2. The van der Waals surface area contributed by atoms with Gasteiger partial charge < -0.3 is 4.74 Å². The van der Waals surface area contributed by atoms with Gasteiger partial charge in [0.2, 0.25) is 0 Å². The molecule has 5 nitrogen and oxygen atoms in total. The number of H-pyrrole nitrogens is 1. The van der Waals surface area contributed by atoms with Crippen molar-refractivity contribution in [2.75, 3.05) is 20.2 Å². The first-order chi connectivity index (χ1) is 11.2. The highest BCUT2D eigenvalue weighted by atomic mass is 35.5. The van der Waals surface area contributed by atoms with E-state index in [0.717, 1.165) is 43.1 Å². The van der Waals surface area contributed by atoms with Crippen molar-refractivity contribution < 1.29 is 9.53 Å². The van der Waals surface area contributed by atoms with Crippen molar-refractivity contribution in [2.24, 2.45) is 5.92 Å². The zero-order chi connectivity index (χ0) is 16.2. The van der Waals surface area contributed by atoms with Crippen molar-refractivity contribution in [3.8, 4) is 0 Å². The molecule has 2 aromatic rings. The van der Waals surface area contributed by atoms with E-state index in [1.54, 1.807) is 6.20 Å². The molecule has 0 saturated carbocycles. The fourth-order valence-electron chi connectivity index (χ4n) is 3.13. The summed E-state index contributed by atoms with van der Waals surface area (Å²) in [6.07, 6.45) is 3.93. The van der Waals surface area contributed by atoms with Crippen LogP contribution in [0.5, 0.6) is 0 Å². The minimum absolute atomic E-state index is 0.366. The van der Waals surface area contributed by atoms with Crippen LogP contribution in [0.4, 0.5) is 0 Å². The number of likely N-dealkylation sites (tertiary alicyclic amines) is 1. The number of rotatable bonds is 5. The number of esters is 1. The molecule has 0 spiro atoms.